The number of halogens is 1. The SMILES string of the molecule is CN=C(NCC(C)c1ccsc1)NC1CCN(C(C)c2ccccc2)CC1.I. The Bertz CT molecular complexity index is 697. The Morgan fingerprint density at radius 1 is 1.14 bits per heavy atom. The average Bonchev–Trinajstić information content (AvgIpc) is 3.26. The Morgan fingerprint density at radius 3 is 2.46 bits per heavy atom. The van der Waals surface area contributed by atoms with Crippen LogP contribution in [0.25, 0.3) is 0 Å². The van der Waals surface area contributed by atoms with E-state index in [4.69, 9.17) is 0 Å². The standard InChI is InChI=1S/C22H32N4S.HI/c1-17(20-11-14-27-16-20)15-24-22(23-3)25-21-9-12-26(13-10-21)18(2)19-7-5-4-6-8-19;/h4-8,11,14,16-18,21H,9-10,12-13,15H2,1-3H3,(H2,23,24,25);1H. The summed E-state index contributed by atoms with van der Waals surface area (Å²) in [4.78, 5) is 7.01. The molecule has 2 aromatic rings. The van der Waals surface area contributed by atoms with Crippen LogP contribution in [0.4, 0.5) is 0 Å². The average molecular weight is 513 g/mol. The molecule has 1 saturated heterocycles. The lowest BCUT2D eigenvalue weighted by Crippen LogP contribution is -2.49. The fraction of sp³-hybridized carbons (Fsp3) is 0.500. The number of guanidine groups is 1. The summed E-state index contributed by atoms with van der Waals surface area (Å²) in [7, 11) is 1.86. The van der Waals surface area contributed by atoms with Gasteiger partial charge < -0.3 is 10.6 Å². The Balaban J connectivity index is 0.00000280. The van der Waals surface area contributed by atoms with Gasteiger partial charge in [0, 0.05) is 38.8 Å². The number of nitrogens with one attached hydrogen (secondary N) is 2. The van der Waals surface area contributed by atoms with Crippen molar-refractivity contribution in [3.63, 3.8) is 0 Å². The van der Waals surface area contributed by atoms with Crippen LogP contribution in [0.3, 0.4) is 0 Å². The Labute approximate surface area is 190 Å². The summed E-state index contributed by atoms with van der Waals surface area (Å²) in [5.74, 6) is 1.41. The molecule has 0 amide bonds. The first-order valence-corrected chi connectivity index (χ1v) is 10.9. The van der Waals surface area contributed by atoms with Crippen molar-refractivity contribution in [2.75, 3.05) is 26.7 Å². The highest BCUT2D eigenvalue weighted by Crippen LogP contribution is 2.24. The lowest BCUT2D eigenvalue weighted by atomic mass is 10.0. The molecular weight excluding hydrogens is 479 g/mol. The number of hydrogen-bond donors (Lipinski definition) is 2. The molecule has 0 bridgehead atoms. The minimum atomic E-state index is 0. The molecule has 2 unspecified atom stereocenters. The van der Waals surface area contributed by atoms with Crippen LogP contribution in [0.15, 0.2) is 52.2 Å². The first kappa shape index (κ1) is 23.2. The minimum Gasteiger partial charge on any atom is -0.356 e. The maximum Gasteiger partial charge on any atom is 0.191 e. The topological polar surface area (TPSA) is 39.7 Å². The van der Waals surface area contributed by atoms with Gasteiger partial charge in [0.2, 0.25) is 0 Å². The zero-order valence-corrected chi connectivity index (χ0v) is 20.2. The van der Waals surface area contributed by atoms with Gasteiger partial charge in [0.1, 0.15) is 0 Å². The van der Waals surface area contributed by atoms with Gasteiger partial charge in [-0.3, -0.25) is 9.89 Å². The lowest BCUT2D eigenvalue weighted by Gasteiger charge is -2.37. The van der Waals surface area contributed by atoms with Gasteiger partial charge in [0.15, 0.2) is 5.96 Å². The monoisotopic (exact) mass is 512 g/mol. The van der Waals surface area contributed by atoms with E-state index in [0.29, 0.717) is 18.0 Å². The van der Waals surface area contributed by atoms with Crippen molar-refractivity contribution in [3.05, 3.63) is 58.3 Å². The second-order valence-corrected chi connectivity index (χ2v) is 8.23. The van der Waals surface area contributed by atoms with Crippen molar-refractivity contribution >= 4 is 41.3 Å². The Kier molecular flexibility index (Phi) is 9.74. The van der Waals surface area contributed by atoms with E-state index in [0.717, 1.165) is 38.4 Å². The maximum atomic E-state index is 4.42. The molecule has 2 N–H and O–H groups in total. The largest absolute Gasteiger partial charge is 0.356 e. The molecule has 1 aromatic carbocycles. The number of rotatable bonds is 6. The molecular formula is C22H33IN4S. The number of thiophene rings is 1. The van der Waals surface area contributed by atoms with Crippen LogP contribution in [0, 0.1) is 0 Å². The third kappa shape index (κ3) is 6.46. The molecule has 6 heteroatoms. The summed E-state index contributed by atoms with van der Waals surface area (Å²) < 4.78 is 0. The number of nitrogens with zero attached hydrogens (tertiary/aromatic N) is 2. The molecule has 2 heterocycles. The molecule has 28 heavy (non-hydrogen) atoms. The zero-order valence-electron chi connectivity index (χ0n) is 17.1. The molecule has 1 aliphatic heterocycles. The fourth-order valence-corrected chi connectivity index (χ4v) is 4.47. The van der Waals surface area contributed by atoms with Crippen LogP contribution in [0.2, 0.25) is 0 Å². The number of piperidine rings is 1. The van der Waals surface area contributed by atoms with Crippen LogP contribution in [0.1, 0.15) is 49.8 Å². The van der Waals surface area contributed by atoms with Gasteiger partial charge in [-0.2, -0.15) is 11.3 Å². The van der Waals surface area contributed by atoms with Gasteiger partial charge in [-0.15, -0.1) is 24.0 Å². The normalized spacial score (nSPS) is 18.2. The molecule has 1 aromatic heterocycles. The van der Waals surface area contributed by atoms with Crippen LogP contribution >= 0.6 is 35.3 Å². The first-order chi connectivity index (χ1) is 13.2. The number of likely N-dealkylation sites (tertiary alicyclic amines) is 1. The smallest absolute Gasteiger partial charge is 0.191 e. The molecule has 0 spiro atoms. The van der Waals surface area contributed by atoms with Crippen LogP contribution in [-0.2, 0) is 0 Å². The highest BCUT2D eigenvalue weighted by molar-refractivity contribution is 14.0. The van der Waals surface area contributed by atoms with Gasteiger partial charge in [-0.1, -0.05) is 37.3 Å². The van der Waals surface area contributed by atoms with E-state index in [9.17, 15) is 0 Å². The van der Waals surface area contributed by atoms with Crippen LogP contribution < -0.4 is 10.6 Å². The van der Waals surface area contributed by atoms with Crippen molar-refractivity contribution in [3.8, 4) is 0 Å². The first-order valence-electron chi connectivity index (χ1n) is 9.95. The molecule has 0 saturated carbocycles. The second-order valence-electron chi connectivity index (χ2n) is 7.45. The summed E-state index contributed by atoms with van der Waals surface area (Å²) in [6.45, 7) is 7.72. The number of aliphatic imine (C=N–C) groups is 1. The second kappa shape index (κ2) is 11.8. The van der Waals surface area contributed by atoms with Gasteiger partial charge in [0.05, 0.1) is 0 Å². The van der Waals surface area contributed by atoms with Gasteiger partial charge in [-0.25, -0.2) is 0 Å². The summed E-state index contributed by atoms with van der Waals surface area (Å²) >= 11 is 1.76. The van der Waals surface area contributed by atoms with E-state index in [1.165, 1.54) is 11.1 Å². The molecule has 4 nitrogen and oxygen atoms in total. The van der Waals surface area contributed by atoms with Crippen molar-refractivity contribution in [2.24, 2.45) is 4.99 Å². The Hall–Kier alpha value is -1.12. The van der Waals surface area contributed by atoms with E-state index in [-0.39, 0.29) is 24.0 Å². The van der Waals surface area contributed by atoms with Crippen molar-refractivity contribution in [1.29, 1.82) is 0 Å². The molecule has 0 radical (unpaired) electrons. The minimum absolute atomic E-state index is 0. The number of hydrogen-bond acceptors (Lipinski definition) is 3. The van der Waals surface area contributed by atoms with Crippen LogP contribution in [0.5, 0.6) is 0 Å². The van der Waals surface area contributed by atoms with E-state index in [1.807, 2.05) is 7.05 Å². The van der Waals surface area contributed by atoms with Crippen LogP contribution in [-0.4, -0.2) is 43.6 Å². The van der Waals surface area contributed by atoms with Gasteiger partial charge in [-0.05, 0) is 53.6 Å². The van der Waals surface area contributed by atoms with E-state index >= 15 is 0 Å². The quantitative estimate of drug-likeness (QED) is 0.330. The molecule has 1 aliphatic rings. The molecule has 154 valence electrons. The predicted octanol–water partition coefficient (Wildman–Crippen LogP) is 4.86. The summed E-state index contributed by atoms with van der Waals surface area (Å²) in [5, 5.41) is 11.5. The molecule has 2 atom stereocenters. The fourth-order valence-electron chi connectivity index (χ4n) is 3.68. The highest BCUT2D eigenvalue weighted by Gasteiger charge is 2.24. The molecule has 0 aliphatic carbocycles. The lowest BCUT2D eigenvalue weighted by molar-refractivity contribution is 0.158. The summed E-state index contributed by atoms with van der Waals surface area (Å²) in [6.07, 6.45) is 2.30. The van der Waals surface area contributed by atoms with Gasteiger partial charge >= 0.3 is 0 Å². The predicted molar refractivity (Wildman–Crippen MR) is 132 cm³/mol. The highest BCUT2D eigenvalue weighted by atomic mass is 127. The van der Waals surface area contributed by atoms with Gasteiger partial charge in [0.25, 0.3) is 0 Å². The molecule has 3 rings (SSSR count). The molecule has 1 fully saturated rings. The third-order valence-corrected chi connectivity index (χ3v) is 6.31. The number of benzene rings is 1. The summed E-state index contributed by atoms with van der Waals surface area (Å²) in [5.41, 5.74) is 2.80. The van der Waals surface area contributed by atoms with Crippen molar-refractivity contribution in [2.45, 2.75) is 44.7 Å². The maximum absolute atomic E-state index is 4.42. The third-order valence-electron chi connectivity index (χ3n) is 5.61. The Morgan fingerprint density at radius 2 is 1.86 bits per heavy atom. The zero-order chi connectivity index (χ0) is 19.1. The van der Waals surface area contributed by atoms with E-state index in [2.05, 4.69) is 81.5 Å². The van der Waals surface area contributed by atoms with E-state index in [1.54, 1.807) is 11.3 Å². The summed E-state index contributed by atoms with van der Waals surface area (Å²) in [6, 6.07) is 14.0. The van der Waals surface area contributed by atoms with E-state index < -0.39 is 0 Å². The van der Waals surface area contributed by atoms with Crippen molar-refractivity contribution < 1.29 is 0 Å². The van der Waals surface area contributed by atoms with Crippen molar-refractivity contribution in [1.82, 2.24) is 15.5 Å².